The van der Waals surface area contributed by atoms with Gasteiger partial charge in [-0.15, -0.1) is 11.8 Å². The molecule has 10 heteroatoms. The van der Waals surface area contributed by atoms with Crippen molar-refractivity contribution in [2.75, 3.05) is 5.75 Å². The number of halogens is 3. The van der Waals surface area contributed by atoms with Crippen molar-refractivity contribution < 1.29 is 22.8 Å². The lowest BCUT2D eigenvalue weighted by atomic mass is 10.3. The normalized spacial score (nSPS) is 12.2. The number of benzene rings is 1. The van der Waals surface area contributed by atoms with E-state index in [2.05, 4.69) is 9.97 Å². The topological polar surface area (TPSA) is 62.4 Å². The lowest BCUT2D eigenvalue weighted by Gasteiger charge is -2.15. The minimum Gasteiger partial charge on any atom is -0.435 e. The number of aromatic nitrogens is 2. The van der Waals surface area contributed by atoms with Gasteiger partial charge >= 0.3 is 6.30 Å². The summed E-state index contributed by atoms with van der Waals surface area (Å²) in [5, 5.41) is 9.00. The maximum absolute atomic E-state index is 12.4. The van der Waals surface area contributed by atoms with Gasteiger partial charge < -0.3 is 4.42 Å². The molecule has 0 aliphatic rings. The fraction of sp³-hybridized carbons (Fsp3) is 0.200. The molecule has 25 heavy (non-hydrogen) atoms. The molecule has 0 fully saturated rings. The van der Waals surface area contributed by atoms with Gasteiger partial charge in [-0.25, -0.2) is 9.97 Å². The first-order valence-corrected chi connectivity index (χ1v) is 8.87. The van der Waals surface area contributed by atoms with E-state index in [-0.39, 0.29) is 16.8 Å². The van der Waals surface area contributed by atoms with Crippen LogP contribution in [-0.4, -0.2) is 31.7 Å². The predicted octanol–water partition coefficient (Wildman–Crippen LogP) is 5.22. The van der Waals surface area contributed by atoms with Crippen LogP contribution in [0.5, 0.6) is 0 Å². The highest BCUT2D eigenvalue weighted by Crippen LogP contribution is 2.35. The third-order valence-electron chi connectivity index (χ3n) is 3.04. The molecule has 2 heterocycles. The molecule has 3 rings (SSSR count). The molecule has 1 aromatic carbocycles. The van der Waals surface area contributed by atoms with Crippen molar-refractivity contribution in [3.05, 3.63) is 36.5 Å². The van der Waals surface area contributed by atoms with Gasteiger partial charge in [0.2, 0.25) is 5.89 Å². The maximum Gasteiger partial charge on any atom is 0.493 e. The van der Waals surface area contributed by atoms with Gasteiger partial charge in [0.15, 0.2) is 5.58 Å². The smallest absolute Gasteiger partial charge is 0.435 e. The third-order valence-corrected chi connectivity index (χ3v) is 4.81. The summed E-state index contributed by atoms with van der Waals surface area (Å²) < 4.78 is 42.1. The quantitative estimate of drug-likeness (QED) is 0.279. The lowest BCUT2D eigenvalue weighted by molar-refractivity contribution is -0.298. The van der Waals surface area contributed by atoms with Gasteiger partial charge in [-0.1, -0.05) is 6.92 Å². The third kappa shape index (κ3) is 4.09. The van der Waals surface area contributed by atoms with Crippen molar-refractivity contribution in [2.45, 2.75) is 23.0 Å². The van der Waals surface area contributed by atoms with Crippen LogP contribution in [0.3, 0.4) is 0 Å². The van der Waals surface area contributed by atoms with Crippen LogP contribution in [0.15, 0.2) is 50.7 Å². The molecule has 0 unspecified atom stereocenters. The molecule has 3 aromatic rings. The van der Waals surface area contributed by atoms with Gasteiger partial charge in [-0.3, -0.25) is 5.21 Å². The second kappa shape index (κ2) is 7.24. The summed E-state index contributed by atoms with van der Waals surface area (Å²) in [4.78, 5) is 9.69. The number of rotatable bonds is 5. The molecule has 0 aliphatic heterocycles. The van der Waals surface area contributed by atoms with Crippen molar-refractivity contribution in [1.82, 2.24) is 14.4 Å². The van der Waals surface area contributed by atoms with Crippen LogP contribution in [0.4, 0.5) is 13.2 Å². The highest BCUT2D eigenvalue weighted by atomic mass is 32.2. The second-order valence-corrected chi connectivity index (χ2v) is 7.07. The molecule has 0 spiro atoms. The number of pyridine rings is 1. The first-order valence-electron chi connectivity index (χ1n) is 7.11. The van der Waals surface area contributed by atoms with Crippen LogP contribution in [-0.2, 0) is 0 Å². The van der Waals surface area contributed by atoms with E-state index in [0.29, 0.717) is 22.7 Å². The minimum absolute atomic E-state index is 0.144. The van der Waals surface area contributed by atoms with Gasteiger partial charge in [0.05, 0.1) is 0 Å². The Kier molecular flexibility index (Phi) is 5.23. The Bertz CT molecular complexity index is 886. The predicted molar refractivity (Wildman–Crippen MR) is 89.2 cm³/mol. The van der Waals surface area contributed by atoms with Crippen LogP contribution in [0.25, 0.3) is 22.7 Å². The van der Waals surface area contributed by atoms with E-state index in [0.717, 1.165) is 10.6 Å². The lowest BCUT2D eigenvalue weighted by Crippen LogP contribution is -2.28. The van der Waals surface area contributed by atoms with Gasteiger partial charge in [-0.05, 0) is 52.5 Å². The average molecular weight is 387 g/mol. The Labute approximate surface area is 149 Å². The van der Waals surface area contributed by atoms with Crippen molar-refractivity contribution in [3.8, 4) is 11.6 Å². The Morgan fingerprint density at radius 3 is 2.80 bits per heavy atom. The summed E-state index contributed by atoms with van der Waals surface area (Å²) in [5.74, 6) is 1.15. The molecule has 1 N–H and O–H groups in total. The van der Waals surface area contributed by atoms with Gasteiger partial charge in [0, 0.05) is 16.0 Å². The SMILES string of the molecule is CCSc1cccnc1-c1nc2cc(SN(O)C(F)(F)F)ccc2o1. The monoisotopic (exact) mass is 387 g/mol. The zero-order valence-corrected chi connectivity index (χ0v) is 14.5. The van der Waals surface area contributed by atoms with Crippen molar-refractivity contribution in [1.29, 1.82) is 0 Å². The van der Waals surface area contributed by atoms with Crippen molar-refractivity contribution >= 4 is 34.8 Å². The summed E-state index contributed by atoms with van der Waals surface area (Å²) in [6.07, 6.45) is -3.23. The zero-order valence-electron chi connectivity index (χ0n) is 12.8. The fourth-order valence-electron chi connectivity index (χ4n) is 2.04. The number of hydroxylamine groups is 1. The molecule has 0 aliphatic carbocycles. The largest absolute Gasteiger partial charge is 0.493 e. The highest BCUT2D eigenvalue weighted by Gasteiger charge is 2.37. The molecule has 132 valence electrons. The van der Waals surface area contributed by atoms with E-state index in [1.165, 1.54) is 18.2 Å². The first kappa shape index (κ1) is 18.1. The minimum atomic E-state index is -4.85. The van der Waals surface area contributed by atoms with Crippen LogP contribution >= 0.6 is 23.7 Å². The number of hydrogen-bond donors (Lipinski definition) is 1. The average Bonchev–Trinajstić information content (AvgIpc) is 2.98. The van der Waals surface area contributed by atoms with E-state index in [1.807, 2.05) is 19.1 Å². The number of oxazole rings is 1. The van der Waals surface area contributed by atoms with Crippen LogP contribution in [0.2, 0.25) is 0 Å². The number of hydrogen-bond acceptors (Lipinski definition) is 7. The molecule has 5 nitrogen and oxygen atoms in total. The van der Waals surface area contributed by atoms with E-state index in [4.69, 9.17) is 9.62 Å². The number of thioether (sulfide) groups is 1. The fourth-order valence-corrected chi connectivity index (χ4v) is 3.40. The molecular weight excluding hydrogens is 375 g/mol. The Hall–Kier alpha value is -1.75. The summed E-state index contributed by atoms with van der Waals surface area (Å²) in [6, 6.07) is 8.05. The highest BCUT2D eigenvalue weighted by molar-refractivity contribution is 7.99. The van der Waals surface area contributed by atoms with E-state index < -0.39 is 10.8 Å². The molecule has 0 radical (unpaired) electrons. The van der Waals surface area contributed by atoms with Crippen LogP contribution < -0.4 is 0 Å². The van der Waals surface area contributed by atoms with E-state index in [1.54, 1.807) is 18.0 Å². The molecule has 0 atom stereocenters. The summed E-state index contributed by atoms with van der Waals surface area (Å²) in [6.45, 7) is 2.01. The summed E-state index contributed by atoms with van der Waals surface area (Å²) >= 11 is 1.73. The number of alkyl halides is 3. The van der Waals surface area contributed by atoms with Gasteiger partial charge in [0.1, 0.15) is 11.2 Å². The van der Waals surface area contributed by atoms with Crippen molar-refractivity contribution in [3.63, 3.8) is 0 Å². The molecule has 2 aromatic heterocycles. The Balaban J connectivity index is 1.93. The molecular formula is C15H12F3N3O2S2. The zero-order chi connectivity index (χ0) is 18.0. The Morgan fingerprint density at radius 2 is 2.08 bits per heavy atom. The number of nitrogens with zero attached hydrogens (tertiary/aromatic N) is 3. The van der Waals surface area contributed by atoms with E-state index >= 15 is 0 Å². The van der Waals surface area contributed by atoms with Crippen LogP contribution in [0, 0.1) is 0 Å². The van der Waals surface area contributed by atoms with Crippen molar-refractivity contribution in [2.24, 2.45) is 0 Å². The van der Waals surface area contributed by atoms with E-state index in [9.17, 15) is 13.2 Å². The molecule has 0 saturated carbocycles. The molecule has 0 amide bonds. The number of fused-ring (bicyclic) bond motifs is 1. The molecule has 0 bridgehead atoms. The second-order valence-electron chi connectivity index (χ2n) is 4.76. The maximum atomic E-state index is 12.4. The Morgan fingerprint density at radius 1 is 1.28 bits per heavy atom. The summed E-state index contributed by atoms with van der Waals surface area (Å²) in [5.41, 5.74) is 1.39. The van der Waals surface area contributed by atoms with Crippen LogP contribution in [0.1, 0.15) is 6.92 Å². The standard InChI is InChI=1S/C15H12F3N3O2S2/c1-2-24-12-4-3-7-19-13(12)14-20-10-8-9(5-6-11(10)23-14)25-21(22)15(16,17)18/h3-8,22H,2H2,1H3. The van der Waals surface area contributed by atoms with Gasteiger partial charge in [-0.2, -0.15) is 13.2 Å². The summed E-state index contributed by atoms with van der Waals surface area (Å²) in [7, 11) is 0. The van der Waals surface area contributed by atoms with Gasteiger partial charge in [0.25, 0.3) is 0 Å². The molecule has 0 saturated heterocycles. The first-order chi connectivity index (χ1) is 11.9.